The highest BCUT2D eigenvalue weighted by Gasteiger charge is 2.12. The van der Waals surface area contributed by atoms with Gasteiger partial charge >= 0.3 is 0 Å². The molecule has 0 saturated heterocycles. The van der Waals surface area contributed by atoms with E-state index in [4.69, 9.17) is 4.74 Å². The van der Waals surface area contributed by atoms with Gasteiger partial charge in [0.15, 0.2) is 0 Å². The topological polar surface area (TPSA) is 86.1 Å². The first-order valence-corrected chi connectivity index (χ1v) is 10.5. The SMILES string of the molecule is C=C(C)COc1ccc2nc(C)n(-c3ccc(C(=O)NCc4ccccn4)cc3)c(=O)c2c1. The summed E-state index contributed by atoms with van der Waals surface area (Å²) in [6.45, 7) is 8.20. The minimum absolute atomic E-state index is 0.203. The van der Waals surface area contributed by atoms with Gasteiger partial charge in [-0.25, -0.2) is 4.98 Å². The Bertz CT molecular complexity index is 1380. The number of benzene rings is 2. The van der Waals surface area contributed by atoms with Crippen LogP contribution in [0.3, 0.4) is 0 Å². The van der Waals surface area contributed by atoms with E-state index in [1.165, 1.54) is 4.57 Å². The predicted molar refractivity (Wildman–Crippen MR) is 128 cm³/mol. The quantitative estimate of drug-likeness (QED) is 0.440. The van der Waals surface area contributed by atoms with Gasteiger partial charge in [-0.1, -0.05) is 12.6 Å². The molecule has 0 saturated carbocycles. The summed E-state index contributed by atoms with van der Waals surface area (Å²) in [6.07, 6.45) is 1.68. The number of nitrogens with zero attached hydrogens (tertiary/aromatic N) is 3. The van der Waals surface area contributed by atoms with Crippen LogP contribution in [0.2, 0.25) is 0 Å². The van der Waals surface area contributed by atoms with Crippen LogP contribution in [0.5, 0.6) is 5.75 Å². The molecular formula is C26H24N4O3. The van der Waals surface area contributed by atoms with Crippen LogP contribution in [-0.2, 0) is 6.54 Å². The molecule has 0 unspecified atom stereocenters. The molecule has 7 heteroatoms. The van der Waals surface area contributed by atoms with Crippen molar-refractivity contribution < 1.29 is 9.53 Å². The van der Waals surface area contributed by atoms with Crippen LogP contribution in [0, 0.1) is 6.92 Å². The maximum absolute atomic E-state index is 13.3. The highest BCUT2D eigenvalue weighted by atomic mass is 16.5. The highest BCUT2D eigenvalue weighted by molar-refractivity contribution is 5.94. The minimum Gasteiger partial charge on any atom is -0.489 e. The fourth-order valence-corrected chi connectivity index (χ4v) is 3.41. The van der Waals surface area contributed by atoms with Crippen molar-refractivity contribution >= 4 is 16.8 Å². The van der Waals surface area contributed by atoms with Gasteiger partial charge in [-0.3, -0.25) is 19.1 Å². The highest BCUT2D eigenvalue weighted by Crippen LogP contribution is 2.19. The maximum atomic E-state index is 13.3. The molecule has 166 valence electrons. The third-order valence-electron chi connectivity index (χ3n) is 5.04. The second kappa shape index (κ2) is 9.48. The molecule has 0 aliphatic heterocycles. The monoisotopic (exact) mass is 440 g/mol. The molecule has 0 fully saturated rings. The number of ether oxygens (including phenoxy) is 1. The summed E-state index contributed by atoms with van der Waals surface area (Å²) in [5.74, 6) is 0.919. The number of aryl methyl sites for hydroxylation is 1. The Hall–Kier alpha value is -4.26. The summed E-state index contributed by atoms with van der Waals surface area (Å²) < 4.78 is 7.21. The first-order valence-electron chi connectivity index (χ1n) is 10.5. The summed E-state index contributed by atoms with van der Waals surface area (Å²) in [5, 5.41) is 3.30. The Morgan fingerprint density at radius 2 is 1.91 bits per heavy atom. The van der Waals surface area contributed by atoms with Crippen molar-refractivity contribution in [3.8, 4) is 11.4 Å². The van der Waals surface area contributed by atoms with E-state index in [2.05, 4.69) is 21.9 Å². The van der Waals surface area contributed by atoms with E-state index in [1.54, 1.807) is 55.6 Å². The zero-order valence-corrected chi connectivity index (χ0v) is 18.5. The number of pyridine rings is 1. The summed E-state index contributed by atoms with van der Waals surface area (Å²) in [4.78, 5) is 34.5. The van der Waals surface area contributed by atoms with Crippen molar-refractivity contribution in [2.45, 2.75) is 20.4 Å². The van der Waals surface area contributed by atoms with E-state index in [9.17, 15) is 9.59 Å². The second-order valence-corrected chi connectivity index (χ2v) is 7.77. The van der Waals surface area contributed by atoms with Gasteiger partial charge in [0.05, 0.1) is 28.8 Å². The summed E-state index contributed by atoms with van der Waals surface area (Å²) in [5.41, 5.74) is 3.18. The molecule has 1 N–H and O–H groups in total. The lowest BCUT2D eigenvalue weighted by Gasteiger charge is -2.13. The van der Waals surface area contributed by atoms with Crippen LogP contribution in [-0.4, -0.2) is 27.0 Å². The van der Waals surface area contributed by atoms with E-state index in [1.807, 2.05) is 25.1 Å². The first-order chi connectivity index (χ1) is 15.9. The summed E-state index contributed by atoms with van der Waals surface area (Å²) >= 11 is 0. The van der Waals surface area contributed by atoms with Crippen LogP contribution in [0.1, 0.15) is 28.8 Å². The van der Waals surface area contributed by atoms with Gasteiger partial charge in [-0.15, -0.1) is 0 Å². The number of hydrogen-bond acceptors (Lipinski definition) is 5. The lowest BCUT2D eigenvalue weighted by molar-refractivity contribution is 0.0950. The normalized spacial score (nSPS) is 10.7. The number of hydrogen-bond donors (Lipinski definition) is 1. The molecule has 0 spiro atoms. The van der Waals surface area contributed by atoms with Gasteiger partial charge in [0.1, 0.15) is 18.2 Å². The van der Waals surface area contributed by atoms with Crippen molar-refractivity contribution in [1.29, 1.82) is 0 Å². The van der Waals surface area contributed by atoms with Crippen molar-refractivity contribution in [3.63, 3.8) is 0 Å². The molecule has 2 aromatic heterocycles. The Morgan fingerprint density at radius 1 is 1.12 bits per heavy atom. The lowest BCUT2D eigenvalue weighted by Crippen LogP contribution is -2.24. The van der Waals surface area contributed by atoms with Crippen LogP contribution in [0.15, 0.2) is 83.8 Å². The van der Waals surface area contributed by atoms with Crippen LogP contribution in [0.4, 0.5) is 0 Å². The fraction of sp³-hybridized carbons (Fsp3) is 0.154. The largest absolute Gasteiger partial charge is 0.489 e. The molecule has 0 aliphatic rings. The number of carbonyl (C=O) groups is 1. The van der Waals surface area contributed by atoms with Gasteiger partial charge in [0.2, 0.25) is 0 Å². The number of rotatable bonds is 7. The van der Waals surface area contributed by atoms with Crippen LogP contribution < -0.4 is 15.6 Å². The van der Waals surface area contributed by atoms with Crippen molar-refractivity contribution in [2.24, 2.45) is 0 Å². The van der Waals surface area contributed by atoms with Crippen molar-refractivity contribution in [1.82, 2.24) is 19.9 Å². The van der Waals surface area contributed by atoms with E-state index in [0.29, 0.717) is 46.9 Å². The van der Waals surface area contributed by atoms with E-state index in [0.717, 1.165) is 11.3 Å². The number of carbonyl (C=O) groups excluding carboxylic acids is 1. The third kappa shape index (κ3) is 4.98. The number of fused-ring (bicyclic) bond motifs is 1. The average Bonchev–Trinajstić information content (AvgIpc) is 2.82. The zero-order valence-electron chi connectivity index (χ0n) is 18.5. The van der Waals surface area contributed by atoms with Gasteiger partial charge in [-0.2, -0.15) is 0 Å². The van der Waals surface area contributed by atoms with Crippen LogP contribution in [0.25, 0.3) is 16.6 Å². The Labute approximate surface area is 191 Å². The first kappa shape index (κ1) is 22.0. The molecule has 1 amide bonds. The molecule has 4 aromatic rings. The van der Waals surface area contributed by atoms with Gasteiger partial charge in [0.25, 0.3) is 11.5 Å². The van der Waals surface area contributed by atoms with E-state index < -0.39 is 0 Å². The van der Waals surface area contributed by atoms with E-state index >= 15 is 0 Å². The number of aromatic nitrogens is 3. The third-order valence-corrected chi connectivity index (χ3v) is 5.04. The summed E-state index contributed by atoms with van der Waals surface area (Å²) in [6, 6.07) is 17.7. The summed E-state index contributed by atoms with van der Waals surface area (Å²) in [7, 11) is 0. The Balaban J connectivity index is 1.59. The number of nitrogens with one attached hydrogen (secondary N) is 1. The molecule has 0 atom stereocenters. The molecule has 0 bridgehead atoms. The lowest BCUT2D eigenvalue weighted by atomic mass is 10.1. The van der Waals surface area contributed by atoms with E-state index in [-0.39, 0.29) is 11.5 Å². The minimum atomic E-state index is -0.216. The molecular weight excluding hydrogens is 416 g/mol. The van der Waals surface area contributed by atoms with Gasteiger partial charge in [-0.05, 0) is 74.0 Å². The van der Waals surface area contributed by atoms with Gasteiger partial charge in [0, 0.05) is 11.8 Å². The average molecular weight is 441 g/mol. The fourth-order valence-electron chi connectivity index (χ4n) is 3.41. The molecule has 33 heavy (non-hydrogen) atoms. The molecule has 7 nitrogen and oxygen atoms in total. The van der Waals surface area contributed by atoms with Crippen LogP contribution >= 0.6 is 0 Å². The smallest absolute Gasteiger partial charge is 0.266 e. The van der Waals surface area contributed by atoms with Crippen molar-refractivity contribution in [2.75, 3.05) is 6.61 Å². The Morgan fingerprint density at radius 3 is 2.61 bits per heavy atom. The zero-order chi connectivity index (χ0) is 23.4. The molecule has 4 rings (SSSR count). The maximum Gasteiger partial charge on any atom is 0.266 e. The molecule has 0 radical (unpaired) electrons. The van der Waals surface area contributed by atoms with Gasteiger partial charge < -0.3 is 10.1 Å². The molecule has 2 heterocycles. The standard InChI is InChI=1S/C26H24N4O3/c1-17(2)16-33-22-11-12-24-23(14-22)26(32)30(18(3)29-24)21-9-7-19(8-10-21)25(31)28-15-20-6-4-5-13-27-20/h4-14H,1,15-16H2,2-3H3,(H,28,31). The molecule has 0 aliphatic carbocycles. The Kier molecular flexibility index (Phi) is 6.31. The second-order valence-electron chi connectivity index (χ2n) is 7.77. The van der Waals surface area contributed by atoms with Crippen molar-refractivity contribution in [3.05, 3.63) is 106 Å². The predicted octanol–water partition coefficient (Wildman–Crippen LogP) is 3.97. The number of amides is 1. The molecule has 2 aromatic carbocycles.